The van der Waals surface area contributed by atoms with Crippen molar-refractivity contribution in [1.29, 1.82) is 0 Å². The van der Waals surface area contributed by atoms with Crippen molar-refractivity contribution in [2.75, 3.05) is 46.3 Å². The third kappa shape index (κ3) is 5.36. The predicted molar refractivity (Wildman–Crippen MR) is 75.5 cm³/mol. The molecule has 0 spiro atoms. The smallest absolute Gasteiger partial charge is 0.0119 e. The fourth-order valence-corrected chi connectivity index (χ4v) is 2.87. The number of hydrogen-bond acceptors (Lipinski definition) is 3. The number of likely N-dealkylation sites (tertiary alicyclic amines) is 1. The molecule has 1 N–H and O–H groups in total. The number of rotatable bonds is 8. The Morgan fingerprint density at radius 1 is 1.24 bits per heavy atom. The van der Waals surface area contributed by atoms with Gasteiger partial charge in [0.05, 0.1) is 0 Å². The second kappa shape index (κ2) is 8.90. The van der Waals surface area contributed by atoms with Crippen molar-refractivity contribution in [3.63, 3.8) is 0 Å². The Balaban J connectivity index is 2.19. The molecule has 0 aliphatic carbocycles. The van der Waals surface area contributed by atoms with Crippen LogP contribution in [0.25, 0.3) is 0 Å². The molecule has 0 bridgehead atoms. The van der Waals surface area contributed by atoms with Crippen LogP contribution in [0.1, 0.15) is 39.5 Å². The lowest BCUT2D eigenvalue weighted by atomic mass is 10.0. The van der Waals surface area contributed by atoms with Gasteiger partial charge in [0.1, 0.15) is 0 Å². The highest BCUT2D eigenvalue weighted by molar-refractivity contribution is 4.79. The third-order valence-corrected chi connectivity index (χ3v) is 3.89. The lowest BCUT2D eigenvalue weighted by Gasteiger charge is -2.38. The van der Waals surface area contributed by atoms with Gasteiger partial charge in [0, 0.05) is 6.04 Å². The van der Waals surface area contributed by atoms with Crippen LogP contribution in [0.2, 0.25) is 0 Å². The van der Waals surface area contributed by atoms with Crippen LogP contribution in [0.15, 0.2) is 0 Å². The second-order valence-electron chi connectivity index (χ2n) is 5.16. The summed E-state index contributed by atoms with van der Waals surface area (Å²) in [6, 6.07) is 0.848. The van der Waals surface area contributed by atoms with Crippen molar-refractivity contribution in [1.82, 2.24) is 15.1 Å². The maximum absolute atomic E-state index is 3.23. The van der Waals surface area contributed by atoms with Gasteiger partial charge < -0.3 is 15.1 Å². The molecule has 0 aromatic rings. The highest BCUT2D eigenvalue weighted by atomic mass is 15.2. The first kappa shape index (κ1) is 14.9. The molecule has 0 unspecified atom stereocenters. The molecule has 0 radical (unpaired) electrons. The summed E-state index contributed by atoms with van der Waals surface area (Å²) in [5.41, 5.74) is 0. The van der Waals surface area contributed by atoms with Gasteiger partial charge in [0.15, 0.2) is 0 Å². The van der Waals surface area contributed by atoms with E-state index < -0.39 is 0 Å². The molecule has 3 nitrogen and oxygen atoms in total. The molecule has 17 heavy (non-hydrogen) atoms. The molecule has 1 rings (SSSR count). The van der Waals surface area contributed by atoms with E-state index in [1.807, 2.05) is 7.05 Å². The Kier molecular flexibility index (Phi) is 7.82. The first-order valence-electron chi connectivity index (χ1n) is 7.42. The van der Waals surface area contributed by atoms with Gasteiger partial charge in [0.25, 0.3) is 0 Å². The van der Waals surface area contributed by atoms with Gasteiger partial charge in [-0.1, -0.05) is 13.8 Å². The molecule has 1 heterocycles. The standard InChI is InChI=1S/C14H31N3/c1-4-10-17(5-2)14-7-12-16(13-8-14)11-6-9-15-3/h14-15H,4-13H2,1-3H3. The maximum atomic E-state index is 3.23. The van der Waals surface area contributed by atoms with Crippen LogP contribution in [0.4, 0.5) is 0 Å². The Morgan fingerprint density at radius 2 is 1.94 bits per heavy atom. The fraction of sp³-hybridized carbons (Fsp3) is 1.00. The van der Waals surface area contributed by atoms with E-state index in [-0.39, 0.29) is 0 Å². The first-order chi connectivity index (χ1) is 8.31. The van der Waals surface area contributed by atoms with E-state index >= 15 is 0 Å². The van der Waals surface area contributed by atoms with Gasteiger partial charge in [-0.25, -0.2) is 0 Å². The van der Waals surface area contributed by atoms with E-state index in [0.29, 0.717) is 0 Å². The van der Waals surface area contributed by atoms with Gasteiger partial charge in [-0.2, -0.15) is 0 Å². The summed E-state index contributed by atoms with van der Waals surface area (Å²) < 4.78 is 0. The molecule has 0 amide bonds. The molecular weight excluding hydrogens is 210 g/mol. The minimum absolute atomic E-state index is 0.848. The van der Waals surface area contributed by atoms with E-state index in [0.717, 1.165) is 12.6 Å². The lowest BCUT2D eigenvalue weighted by molar-refractivity contribution is 0.112. The summed E-state index contributed by atoms with van der Waals surface area (Å²) in [4.78, 5) is 5.30. The molecule has 0 aromatic heterocycles. The van der Waals surface area contributed by atoms with Gasteiger partial charge in [-0.15, -0.1) is 0 Å². The fourth-order valence-electron chi connectivity index (χ4n) is 2.87. The minimum Gasteiger partial charge on any atom is -0.320 e. The predicted octanol–water partition coefficient (Wildman–Crippen LogP) is 1.79. The van der Waals surface area contributed by atoms with Gasteiger partial charge in [-0.3, -0.25) is 0 Å². The zero-order valence-corrected chi connectivity index (χ0v) is 12.0. The number of hydrogen-bond donors (Lipinski definition) is 1. The Hall–Kier alpha value is -0.120. The highest BCUT2D eigenvalue weighted by Crippen LogP contribution is 2.16. The van der Waals surface area contributed by atoms with E-state index in [1.54, 1.807) is 0 Å². The zero-order chi connectivity index (χ0) is 12.5. The molecule has 102 valence electrons. The SMILES string of the molecule is CCCN(CC)C1CCN(CCCNC)CC1. The van der Waals surface area contributed by atoms with Crippen molar-refractivity contribution in [3.05, 3.63) is 0 Å². The van der Waals surface area contributed by atoms with E-state index in [2.05, 4.69) is 29.0 Å². The highest BCUT2D eigenvalue weighted by Gasteiger charge is 2.22. The summed E-state index contributed by atoms with van der Waals surface area (Å²) >= 11 is 0. The number of piperidine rings is 1. The average Bonchev–Trinajstić information content (AvgIpc) is 2.37. The largest absolute Gasteiger partial charge is 0.320 e. The van der Waals surface area contributed by atoms with Crippen molar-refractivity contribution in [3.8, 4) is 0 Å². The van der Waals surface area contributed by atoms with Crippen molar-refractivity contribution < 1.29 is 0 Å². The van der Waals surface area contributed by atoms with Crippen molar-refractivity contribution in [2.45, 2.75) is 45.6 Å². The van der Waals surface area contributed by atoms with Crippen LogP contribution in [-0.4, -0.2) is 62.2 Å². The van der Waals surface area contributed by atoms with Gasteiger partial charge in [-0.05, 0) is 72.0 Å². The molecule has 3 heteroatoms. The number of nitrogens with one attached hydrogen (secondary N) is 1. The summed E-state index contributed by atoms with van der Waals surface area (Å²) in [6.07, 6.45) is 5.31. The van der Waals surface area contributed by atoms with Crippen molar-refractivity contribution in [2.24, 2.45) is 0 Å². The molecule has 1 aliphatic rings. The topological polar surface area (TPSA) is 18.5 Å². The van der Waals surface area contributed by atoms with Crippen LogP contribution in [0.5, 0.6) is 0 Å². The average molecular weight is 241 g/mol. The van der Waals surface area contributed by atoms with Crippen molar-refractivity contribution >= 4 is 0 Å². The van der Waals surface area contributed by atoms with Crippen LogP contribution in [-0.2, 0) is 0 Å². The second-order valence-corrected chi connectivity index (χ2v) is 5.16. The molecule has 0 atom stereocenters. The minimum atomic E-state index is 0.848. The summed E-state index contributed by atoms with van der Waals surface area (Å²) in [7, 11) is 2.04. The quantitative estimate of drug-likeness (QED) is 0.654. The van der Waals surface area contributed by atoms with Crippen LogP contribution >= 0.6 is 0 Å². The van der Waals surface area contributed by atoms with Crippen LogP contribution < -0.4 is 5.32 Å². The molecular formula is C14H31N3. The lowest BCUT2D eigenvalue weighted by Crippen LogP contribution is -2.45. The molecule has 0 saturated carbocycles. The summed E-state index contributed by atoms with van der Waals surface area (Å²) in [5.74, 6) is 0. The van der Waals surface area contributed by atoms with Crippen LogP contribution in [0.3, 0.4) is 0 Å². The van der Waals surface area contributed by atoms with E-state index in [1.165, 1.54) is 58.4 Å². The molecule has 1 saturated heterocycles. The Morgan fingerprint density at radius 3 is 2.47 bits per heavy atom. The van der Waals surface area contributed by atoms with E-state index in [4.69, 9.17) is 0 Å². The molecule has 1 aliphatic heterocycles. The monoisotopic (exact) mass is 241 g/mol. The molecule has 0 aromatic carbocycles. The van der Waals surface area contributed by atoms with Gasteiger partial charge in [0.2, 0.25) is 0 Å². The van der Waals surface area contributed by atoms with Gasteiger partial charge >= 0.3 is 0 Å². The third-order valence-electron chi connectivity index (χ3n) is 3.89. The normalized spacial score (nSPS) is 19.1. The first-order valence-corrected chi connectivity index (χ1v) is 7.42. The Labute approximate surface area is 108 Å². The van der Waals surface area contributed by atoms with E-state index in [9.17, 15) is 0 Å². The van der Waals surface area contributed by atoms with Crippen LogP contribution in [0, 0.1) is 0 Å². The molecule has 1 fully saturated rings. The number of nitrogens with zero attached hydrogens (tertiary/aromatic N) is 2. The maximum Gasteiger partial charge on any atom is 0.0119 e. The zero-order valence-electron chi connectivity index (χ0n) is 12.0. The summed E-state index contributed by atoms with van der Waals surface area (Å²) in [5, 5.41) is 3.23. The Bertz CT molecular complexity index is 176. The summed E-state index contributed by atoms with van der Waals surface area (Å²) in [6.45, 7) is 12.1.